The standard InChI is InChI=1S/C24H30N4O2.C2H6/c1-17(25)30-22(26)15-6-4-3-5-10-18-11-9-12-19(16-18)23-24(29-2)28-21-14-8-7-13-20(21)27-23;1-2/h7-9,11-14,16-17,26H,3-6,10,15,25H2,1-2H3;1-2H3. The zero-order valence-corrected chi connectivity index (χ0v) is 19.7. The van der Waals surface area contributed by atoms with Crippen molar-refractivity contribution in [3.8, 4) is 17.1 Å². The largest absolute Gasteiger partial charge is 0.479 e. The van der Waals surface area contributed by atoms with Crippen LogP contribution in [0.2, 0.25) is 0 Å². The third-order valence-corrected chi connectivity index (χ3v) is 4.88. The number of nitrogens with two attached hydrogens (primary N) is 1. The molecule has 0 radical (unpaired) electrons. The van der Waals surface area contributed by atoms with Crippen molar-refractivity contribution in [3.05, 3.63) is 54.1 Å². The Morgan fingerprint density at radius 2 is 1.66 bits per heavy atom. The number of rotatable bonds is 10. The second-order valence-electron chi connectivity index (χ2n) is 7.43. The zero-order valence-electron chi connectivity index (χ0n) is 19.7. The van der Waals surface area contributed by atoms with Gasteiger partial charge < -0.3 is 9.47 Å². The fraction of sp³-hybridized carbons (Fsp3) is 0.423. The Kier molecular flexibility index (Phi) is 10.6. The molecule has 0 fully saturated rings. The van der Waals surface area contributed by atoms with Crippen LogP contribution in [0.5, 0.6) is 5.88 Å². The maximum atomic E-state index is 7.70. The first-order valence-electron chi connectivity index (χ1n) is 11.5. The van der Waals surface area contributed by atoms with Crippen molar-refractivity contribution in [3.63, 3.8) is 0 Å². The van der Waals surface area contributed by atoms with E-state index in [0.29, 0.717) is 12.3 Å². The van der Waals surface area contributed by atoms with E-state index in [-0.39, 0.29) is 5.90 Å². The molecule has 0 aliphatic rings. The minimum absolute atomic E-state index is 0.281. The fourth-order valence-electron chi connectivity index (χ4n) is 3.44. The summed E-state index contributed by atoms with van der Waals surface area (Å²) in [7, 11) is 1.63. The van der Waals surface area contributed by atoms with E-state index in [0.717, 1.165) is 54.4 Å². The van der Waals surface area contributed by atoms with Crippen LogP contribution in [0.4, 0.5) is 0 Å². The van der Waals surface area contributed by atoms with Crippen LogP contribution in [0.1, 0.15) is 58.4 Å². The van der Waals surface area contributed by atoms with Gasteiger partial charge in [0, 0.05) is 12.0 Å². The summed E-state index contributed by atoms with van der Waals surface area (Å²) in [5, 5.41) is 7.70. The van der Waals surface area contributed by atoms with Gasteiger partial charge in [0.1, 0.15) is 11.9 Å². The fourth-order valence-corrected chi connectivity index (χ4v) is 3.44. The van der Waals surface area contributed by atoms with Gasteiger partial charge in [-0.05, 0) is 49.9 Å². The molecule has 0 saturated heterocycles. The Balaban J connectivity index is 0.00000176. The van der Waals surface area contributed by atoms with Crippen molar-refractivity contribution >= 4 is 16.9 Å². The first kappa shape index (κ1) is 25.3. The average molecular weight is 437 g/mol. The quantitative estimate of drug-likeness (QED) is 0.173. The van der Waals surface area contributed by atoms with Crippen molar-refractivity contribution in [2.24, 2.45) is 5.73 Å². The van der Waals surface area contributed by atoms with Crippen molar-refractivity contribution in [1.29, 1.82) is 5.41 Å². The first-order valence-corrected chi connectivity index (χ1v) is 11.5. The van der Waals surface area contributed by atoms with Gasteiger partial charge in [-0.15, -0.1) is 0 Å². The smallest absolute Gasteiger partial charge is 0.240 e. The number of ether oxygens (including phenoxy) is 2. The van der Waals surface area contributed by atoms with Crippen LogP contribution in [0.15, 0.2) is 48.5 Å². The molecule has 0 bridgehead atoms. The third kappa shape index (κ3) is 7.61. The van der Waals surface area contributed by atoms with Gasteiger partial charge in [-0.3, -0.25) is 11.1 Å². The predicted octanol–water partition coefficient (Wildman–Crippen LogP) is 6.12. The molecule has 1 aromatic heterocycles. The van der Waals surface area contributed by atoms with Crippen LogP contribution in [-0.2, 0) is 11.2 Å². The zero-order chi connectivity index (χ0) is 23.3. The van der Waals surface area contributed by atoms with Crippen molar-refractivity contribution < 1.29 is 9.47 Å². The van der Waals surface area contributed by atoms with Gasteiger partial charge in [0.05, 0.1) is 18.1 Å². The number of fused-ring (bicyclic) bond motifs is 1. The van der Waals surface area contributed by atoms with Crippen molar-refractivity contribution in [2.45, 2.75) is 65.5 Å². The monoisotopic (exact) mass is 436 g/mol. The molecular weight excluding hydrogens is 400 g/mol. The number of nitrogens with zero attached hydrogens (tertiary/aromatic N) is 2. The third-order valence-electron chi connectivity index (χ3n) is 4.88. The Bertz CT molecular complexity index is 988. The number of aromatic nitrogens is 2. The molecule has 3 rings (SSSR count). The summed E-state index contributed by atoms with van der Waals surface area (Å²) < 4.78 is 10.7. The highest BCUT2D eigenvalue weighted by molar-refractivity contribution is 5.79. The molecule has 172 valence electrons. The molecular formula is C26H36N4O2. The first-order chi connectivity index (χ1) is 15.6. The second-order valence-corrected chi connectivity index (χ2v) is 7.43. The summed E-state index contributed by atoms with van der Waals surface area (Å²) in [6.07, 6.45) is 5.50. The molecule has 0 aliphatic carbocycles. The molecule has 0 aliphatic heterocycles. The lowest BCUT2D eigenvalue weighted by Crippen LogP contribution is -2.22. The maximum Gasteiger partial charge on any atom is 0.240 e. The molecule has 3 N–H and O–H groups in total. The van der Waals surface area contributed by atoms with Crippen LogP contribution >= 0.6 is 0 Å². The van der Waals surface area contributed by atoms with E-state index in [1.54, 1.807) is 14.0 Å². The highest BCUT2D eigenvalue weighted by Crippen LogP contribution is 2.29. The Labute approximate surface area is 191 Å². The SMILES string of the molecule is CC.COc1nc2ccccc2nc1-c1cccc(CCCCCCC(=N)OC(C)N)c1. The van der Waals surface area contributed by atoms with Gasteiger partial charge in [-0.25, -0.2) is 9.97 Å². The Morgan fingerprint density at radius 1 is 0.969 bits per heavy atom. The number of benzene rings is 2. The lowest BCUT2D eigenvalue weighted by Gasteiger charge is -2.11. The van der Waals surface area contributed by atoms with Gasteiger partial charge >= 0.3 is 0 Å². The minimum atomic E-state index is -0.407. The number of methoxy groups -OCH3 is 1. The molecule has 6 heteroatoms. The lowest BCUT2D eigenvalue weighted by atomic mass is 10.0. The number of para-hydroxylation sites is 2. The van der Waals surface area contributed by atoms with E-state index in [1.807, 2.05) is 38.1 Å². The molecule has 3 aromatic rings. The average Bonchev–Trinajstić information content (AvgIpc) is 2.81. The summed E-state index contributed by atoms with van der Waals surface area (Å²) in [6.45, 7) is 5.74. The molecule has 1 unspecified atom stereocenters. The number of unbranched alkanes of at least 4 members (excludes halogenated alkanes) is 3. The van der Waals surface area contributed by atoms with Gasteiger partial charge in [0.2, 0.25) is 5.88 Å². The summed E-state index contributed by atoms with van der Waals surface area (Å²) in [6, 6.07) is 16.3. The summed E-state index contributed by atoms with van der Waals surface area (Å²) in [5.74, 6) is 0.824. The van der Waals surface area contributed by atoms with Crippen LogP contribution < -0.4 is 10.5 Å². The van der Waals surface area contributed by atoms with Crippen LogP contribution in [0, 0.1) is 5.41 Å². The molecule has 1 atom stereocenters. The van der Waals surface area contributed by atoms with Crippen molar-refractivity contribution in [1.82, 2.24) is 9.97 Å². The summed E-state index contributed by atoms with van der Waals surface area (Å²) in [4.78, 5) is 9.39. The number of aryl methyl sites for hydroxylation is 1. The molecule has 0 saturated carbocycles. The molecule has 6 nitrogen and oxygen atoms in total. The van der Waals surface area contributed by atoms with E-state index >= 15 is 0 Å². The molecule has 0 spiro atoms. The molecule has 32 heavy (non-hydrogen) atoms. The molecule has 1 heterocycles. The Hall–Kier alpha value is -2.99. The van der Waals surface area contributed by atoms with Gasteiger partial charge in [-0.2, -0.15) is 0 Å². The summed E-state index contributed by atoms with van der Waals surface area (Å²) in [5.41, 5.74) is 10.3. The predicted molar refractivity (Wildman–Crippen MR) is 132 cm³/mol. The van der Waals surface area contributed by atoms with E-state index in [4.69, 9.17) is 25.6 Å². The Morgan fingerprint density at radius 3 is 2.34 bits per heavy atom. The van der Waals surface area contributed by atoms with Crippen LogP contribution in [-0.4, -0.2) is 29.2 Å². The van der Waals surface area contributed by atoms with Gasteiger partial charge in [0.15, 0.2) is 5.90 Å². The maximum absolute atomic E-state index is 7.70. The number of hydrogen-bond donors (Lipinski definition) is 2. The highest BCUT2D eigenvalue weighted by Gasteiger charge is 2.12. The van der Waals surface area contributed by atoms with E-state index in [1.165, 1.54) is 5.56 Å². The van der Waals surface area contributed by atoms with Gasteiger partial charge in [0.25, 0.3) is 0 Å². The van der Waals surface area contributed by atoms with E-state index in [2.05, 4.69) is 29.2 Å². The number of nitrogens with one attached hydrogen (secondary N) is 1. The molecule has 0 amide bonds. The van der Waals surface area contributed by atoms with Crippen LogP contribution in [0.25, 0.3) is 22.3 Å². The topological polar surface area (TPSA) is 94.1 Å². The molecule has 2 aromatic carbocycles. The van der Waals surface area contributed by atoms with Crippen molar-refractivity contribution in [2.75, 3.05) is 7.11 Å². The number of hydrogen-bond acceptors (Lipinski definition) is 6. The van der Waals surface area contributed by atoms with E-state index < -0.39 is 6.23 Å². The summed E-state index contributed by atoms with van der Waals surface area (Å²) >= 11 is 0. The van der Waals surface area contributed by atoms with Gasteiger partial charge in [-0.1, -0.05) is 57.0 Å². The van der Waals surface area contributed by atoms with E-state index in [9.17, 15) is 0 Å². The lowest BCUT2D eigenvalue weighted by molar-refractivity contribution is 0.206. The second kappa shape index (κ2) is 13.4. The minimum Gasteiger partial charge on any atom is -0.479 e. The van der Waals surface area contributed by atoms with Crippen LogP contribution in [0.3, 0.4) is 0 Å². The highest BCUT2D eigenvalue weighted by atomic mass is 16.5. The normalized spacial score (nSPS) is 11.4.